The molecule has 2 aromatic rings. The fourth-order valence-electron chi connectivity index (χ4n) is 3.42. The maximum atomic E-state index is 11.2. The van der Waals surface area contributed by atoms with Gasteiger partial charge in [0.1, 0.15) is 5.60 Å². The minimum absolute atomic E-state index is 0.145. The number of aliphatic hydroxyl groups is 1. The normalized spacial score (nSPS) is 21.6. The summed E-state index contributed by atoms with van der Waals surface area (Å²) in [5.41, 5.74) is 5.07. The summed E-state index contributed by atoms with van der Waals surface area (Å²) >= 11 is 1.70. The van der Waals surface area contributed by atoms with Crippen LogP contribution in [0.25, 0.3) is 10.1 Å². The van der Waals surface area contributed by atoms with Crippen LogP contribution in [-0.2, 0) is 5.60 Å². The van der Waals surface area contributed by atoms with Crippen molar-refractivity contribution in [3.05, 3.63) is 35.2 Å². The third kappa shape index (κ3) is 1.92. The van der Waals surface area contributed by atoms with Gasteiger partial charge in [-0.05, 0) is 37.3 Å². The Kier molecular flexibility index (Phi) is 3.16. The lowest BCUT2D eigenvalue weighted by molar-refractivity contribution is -0.0663. The molecule has 0 amide bonds. The highest BCUT2D eigenvalue weighted by molar-refractivity contribution is 7.19. The first-order chi connectivity index (χ1) is 9.09. The third-order valence-electron chi connectivity index (χ3n) is 4.89. The zero-order chi connectivity index (χ0) is 13.5. The van der Waals surface area contributed by atoms with Crippen LogP contribution in [0.1, 0.15) is 37.5 Å². The molecule has 102 valence electrons. The van der Waals surface area contributed by atoms with Crippen molar-refractivity contribution in [2.24, 2.45) is 11.1 Å². The highest BCUT2D eigenvalue weighted by Crippen LogP contribution is 2.52. The summed E-state index contributed by atoms with van der Waals surface area (Å²) in [6, 6.07) is 10.4. The Balaban J connectivity index is 2.07. The molecule has 3 rings (SSSR count). The summed E-state index contributed by atoms with van der Waals surface area (Å²) < 4.78 is 1.24. The SMILES string of the molecule is CC(O)(c1cc2ccccc2s1)C1(CN)CCCC1. The van der Waals surface area contributed by atoms with Gasteiger partial charge in [-0.1, -0.05) is 31.0 Å². The van der Waals surface area contributed by atoms with Crippen LogP contribution < -0.4 is 5.73 Å². The molecule has 2 nitrogen and oxygen atoms in total. The van der Waals surface area contributed by atoms with Gasteiger partial charge in [0.05, 0.1) is 0 Å². The topological polar surface area (TPSA) is 46.2 Å². The fraction of sp³-hybridized carbons (Fsp3) is 0.500. The second kappa shape index (κ2) is 4.58. The molecule has 3 N–H and O–H groups in total. The summed E-state index contributed by atoms with van der Waals surface area (Å²) in [5, 5.41) is 12.4. The van der Waals surface area contributed by atoms with E-state index in [1.807, 2.05) is 19.1 Å². The Morgan fingerprint density at radius 2 is 2.00 bits per heavy atom. The molecule has 1 aromatic carbocycles. The Morgan fingerprint density at radius 3 is 2.63 bits per heavy atom. The van der Waals surface area contributed by atoms with Crippen molar-refractivity contribution in [2.75, 3.05) is 6.54 Å². The monoisotopic (exact) mass is 275 g/mol. The van der Waals surface area contributed by atoms with E-state index < -0.39 is 5.60 Å². The van der Waals surface area contributed by atoms with E-state index in [0.29, 0.717) is 6.54 Å². The van der Waals surface area contributed by atoms with Crippen molar-refractivity contribution in [1.82, 2.24) is 0 Å². The van der Waals surface area contributed by atoms with Gasteiger partial charge in [0.25, 0.3) is 0 Å². The number of nitrogens with two attached hydrogens (primary N) is 1. The van der Waals surface area contributed by atoms with E-state index in [4.69, 9.17) is 5.73 Å². The zero-order valence-electron chi connectivity index (χ0n) is 11.4. The van der Waals surface area contributed by atoms with Gasteiger partial charge in [0.15, 0.2) is 0 Å². The van der Waals surface area contributed by atoms with Crippen LogP contribution in [-0.4, -0.2) is 11.7 Å². The molecule has 3 heteroatoms. The van der Waals surface area contributed by atoms with Gasteiger partial charge in [0, 0.05) is 21.5 Å². The molecule has 19 heavy (non-hydrogen) atoms. The molecule has 1 unspecified atom stereocenters. The smallest absolute Gasteiger partial charge is 0.103 e. The number of rotatable bonds is 3. The lowest BCUT2D eigenvalue weighted by Gasteiger charge is -2.41. The molecule has 1 saturated carbocycles. The highest BCUT2D eigenvalue weighted by atomic mass is 32.1. The highest BCUT2D eigenvalue weighted by Gasteiger charge is 2.49. The van der Waals surface area contributed by atoms with Crippen molar-refractivity contribution in [3.63, 3.8) is 0 Å². The molecule has 0 aliphatic heterocycles. The summed E-state index contributed by atoms with van der Waals surface area (Å²) in [6.45, 7) is 2.52. The molecular formula is C16H21NOS. The van der Waals surface area contributed by atoms with Crippen molar-refractivity contribution < 1.29 is 5.11 Å². The van der Waals surface area contributed by atoms with Gasteiger partial charge in [-0.2, -0.15) is 0 Å². The second-order valence-corrected chi connectivity index (χ2v) is 7.00. The first-order valence-electron chi connectivity index (χ1n) is 7.01. The average molecular weight is 275 g/mol. The minimum atomic E-state index is -0.818. The quantitative estimate of drug-likeness (QED) is 0.898. The van der Waals surface area contributed by atoms with E-state index in [2.05, 4.69) is 18.2 Å². The van der Waals surface area contributed by atoms with Crippen LogP contribution in [0.4, 0.5) is 0 Å². The van der Waals surface area contributed by atoms with Gasteiger partial charge in [-0.3, -0.25) is 0 Å². The molecule has 1 aromatic heterocycles. The lowest BCUT2D eigenvalue weighted by atomic mass is 9.70. The number of fused-ring (bicyclic) bond motifs is 1. The van der Waals surface area contributed by atoms with E-state index in [1.165, 1.54) is 22.9 Å². The van der Waals surface area contributed by atoms with E-state index in [9.17, 15) is 5.11 Å². The lowest BCUT2D eigenvalue weighted by Crippen LogP contribution is -2.46. The second-order valence-electron chi connectivity index (χ2n) is 5.91. The predicted molar refractivity (Wildman–Crippen MR) is 81.4 cm³/mol. The Labute approximate surface area is 118 Å². The van der Waals surface area contributed by atoms with Crippen LogP contribution in [0, 0.1) is 5.41 Å². The molecule has 1 aliphatic rings. The van der Waals surface area contributed by atoms with Crippen molar-refractivity contribution in [1.29, 1.82) is 0 Å². The first kappa shape index (κ1) is 13.1. The maximum Gasteiger partial charge on any atom is 0.103 e. The molecule has 1 aliphatic carbocycles. The van der Waals surface area contributed by atoms with Gasteiger partial charge in [0.2, 0.25) is 0 Å². The van der Waals surface area contributed by atoms with Crippen molar-refractivity contribution in [2.45, 2.75) is 38.2 Å². The van der Waals surface area contributed by atoms with E-state index in [-0.39, 0.29) is 5.41 Å². The largest absolute Gasteiger partial charge is 0.384 e. The summed E-state index contributed by atoms with van der Waals surface area (Å²) in [5.74, 6) is 0. The molecule has 0 bridgehead atoms. The van der Waals surface area contributed by atoms with Gasteiger partial charge < -0.3 is 10.8 Å². The van der Waals surface area contributed by atoms with E-state index >= 15 is 0 Å². The molecule has 1 heterocycles. The zero-order valence-corrected chi connectivity index (χ0v) is 12.2. The van der Waals surface area contributed by atoms with Gasteiger partial charge in [-0.25, -0.2) is 0 Å². The van der Waals surface area contributed by atoms with Crippen molar-refractivity contribution >= 4 is 21.4 Å². The van der Waals surface area contributed by atoms with Crippen LogP contribution in [0.2, 0.25) is 0 Å². The molecule has 0 radical (unpaired) electrons. The summed E-state index contributed by atoms with van der Waals surface area (Å²) in [6.07, 6.45) is 4.42. The van der Waals surface area contributed by atoms with Crippen LogP contribution >= 0.6 is 11.3 Å². The Morgan fingerprint density at radius 1 is 1.32 bits per heavy atom. The van der Waals surface area contributed by atoms with Crippen LogP contribution in [0.5, 0.6) is 0 Å². The maximum absolute atomic E-state index is 11.2. The molecular weight excluding hydrogens is 254 g/mol. The fourth-order valence-corrected chi connectivity index (χ4v) is 4.65. The van der Waals surface area contributed by atoms with E-state index in [1.54, 1.807) is 11.3 Å². The van der Waals surface area contributed by atoms with Crippen molar-refractivity contribution in [3.8, 4) is 0 Å². The van der Waals surface area contributed by atoms with Gasteiger partial charge in [-0.15, -0.1) is 11.3 Å². The third-order valence-corrected chi connectivity index (χ3v) is 6.22. The van der Waals surface area contributed by atoms with E-state index in [0.717, 1.165) is 17.7 Å². The number of thiophene rings is 1. The van der Waals surface area contributed by atoms with Crippen LogP contribution in [0.3, 0.4) is 0 Å². The molecule has 1 atom stereocenters. The Bertz CT molecular complexity index is 548. The minimum Gasteiger partial charge on any atom is -0.384 e. The average Bonchev–Trinajstić information content (AvgIpc) is 3.06. The number of hydrogen-bond donors (Lipinski definition) is 2. The summed E-state index contributed by atoms with van der Waals surface area (Å²) in [4.78, 5) is 1.06. The first-order valence-corrected chi connectivity index (χ1v) is 7.82. The molecule has 0 spiro atoms. The number of benzene rings is 1. The standard InChI is InChI=1S/C16H21NOS/c1-15(18,16(11-17)8-4-5-9-16)14-10-12-6-2-3-7-13(12)19-14/h2-3,6-7,10,18H,4-5,8-9,11,17H2,1H3. The van der Waals surface area contributed by atoms with Crippen LogP contribution in [0.15, 0.2) is 30.3 Å². The number of hydrogen-bond acceptors (Lipinski definition) is 3. The van der Waals surface area contributed by atoms with Gasteiger partial charge >= 0.3 is 0 Å². The molecule has 1 fully saturated rings. The summed E-state index contributed by atoms with van der Waals surface area (Å²) in [7, 11) is 0. The predicted octanol–water partition coefficient (Wildman–Crippen LogP) is 3.63. The molecule has 0 saturated heterocycles. The Hall–Kier alpha value is -0.900.